The Morgan fingerprint density at radius 1 is 1.20 bits per heavy atom. The van der Waals surface area contributed by atoms with Crippen LogP contribution >= 0.6 is 0 Å². The summed E-state index contributed by atoms with van der Waals surface area (Å²) in [6, 6.07) is 8.95. The van der Waals surface area contributed by atoms with Crippen LogP contribution in [0.2, 0.25) is 0 Å². The van der Waals surface area contributed by atoms with E-state index in [2.05, 4.69) is 31.2 Å². The van der Waals surface area contributed by atoms with E-state index in [1.807, 2.05) is 0 Å². The van der Waals surface area contributed by atoms with Crippen LogP contribution in [-0.4, -0.2) is 10.2 Å². The molecule has 1 rings (SSSR count). The van der Waals surface area contributed by atoms with E-state index in [1.165, 1.54) is 33.8 Å². The zero-order valence-corrected chi connectivity index (χ0v) is 8.72. The summed E-state index contributed by atoms with van der Waals surface area (Å²) in [5.41, 5.74) is 1.47. The van der Waals surface area contributed by atoms with Crippen molar-refractivity contribution in [3.8, 4) is 0 Å². The van der Waals surface area contributed by atoms with Crippen LogP contribution in [0.15, 0.2) is 24.3 Å². The molecule has 0 aliphatic carbocycles. The summed E-state index contributed by atoms with van der Waals surface area (Å²) in [6.45, 7) is 2.22. The summed E-state index contributed by atoms with van der Waals surface area (Å²) >= 11 is 0. The van der Waals surface area contributed by atoms with E-state index in [9.17, 15) is 0 Å². The minimum atomic E-state index is 1.18. The molecule has 1 heteroatoms. The van der Waals surface area contributed by atoms with Crippen LogP contribution in [0.5, 0.6) is 0 Å². The summed E-state index contributed by atoms with van der Waals surface area (Å²) in [4.78, 5) is 0. The summed E-state index contributed by atoms with van der Waals surface area (Å²) in [7, 11) is 1.18. The van der Waals surface area contributed by atoms with Gasteiger partial charge in [0.05, 0.1) is 0 Å². The quantitative estimate of drug-likeness (QED) is 0.543. The topological polar surface area (TPSA) is 0 Å². The second-order valence-electron chi connectivity index (χ2n) is 2.74. The average Bonchev–Trinajstić information content (AvgIpc) is 1.95. The van der Waals surface area contributed by atoms with Crippen LogP contribution in [0.3, 0.4) is 0 Å². The third-order valence-electron chi connectivity index (χ3n) is 1.66. The lowest BCUT2D eigenvalue weighted by Crippen LogP contribution is -2.00. The minimum Gasteiger partial charge on any atom is -0.0707 e. The lowest BCUT2D eigenvalue weighted by molar-refractivity contribution is 0.922. The van der Waals surface area contributed by atoms with Crippen molar-refractivity contribution in [2.45, 2.75) is 19.8 Å². The minimum absolute atomic E-state index is 1.18. The second kappa shape index (κ2) is 3.57. The first-order chi connectivity index (χ1) is 4.83. The number of hydrogen-bond acceptors (Lipinski definition) is 0. The molecule has 0 aliphatic rings. The molecular formula is C9H14Si. The van der Waals surface area contributed by atoms with Crippen molar-refractivity contribution < 1.29 is 0 Å². The molecule has 0 saturated carbocycles. The molecule has 0 atom stereocenters. The summed E-state index contributed by atoms with van der Waals surface area (Å²) in [5, 5.41) is 1.49. The Labute approximate surface area is 65.7 Å². The molecule has 0 aliphatic heterocycles. The molecule has 0 unspecified atom stereocenters. The Balaban J connectivity index is 2.69. The summed E-state index contributed by atoms with van der Waals surface area (Å²) < 4.78 is 0. The van der Waals surface area contributed by atoms with Gasteiger partial charge in [-0.3, -0.25) is 0 Å². The lowest BCUT2D eigenvalue weighted by Gasteiger charge is -1.97. The third-order valence-corrected chi connectivity index (χ3v) is 2.33. The van der Waals surface area contributed by atoms with E-state index >= 15 is 0 Å². The molecule has 0 heterocycles. The van der Waals surface area contributed by atoms with Gasteiger partial charge in [-0.1, -0.05) is 42.8 Å². The van der Waals surface area contributed by atoms with Gasteiger partial charge in [-0.25, -0.2) is 0 Å². The molecule has 0 bridgehead atoms. The Morgan fingerprint density at radius 3 is 2.30 bits per heavy atom. The molecule has 0 nitrogen and oxygen atoms in total. The summed E-state index contributed by atoms with van der Waals surface area (Å²) in [6.07, 6.45) is 2.47. The van der Waals surface area contributed by atoms with Crippen LogP contribution < -0.4 is 5.19 Å². The van der Waals surface area contributed by atoms with Crippen molar-refractivity contribution >= 4 is 15.4 Å². The number of benzene rings is 1. The molecule has 1 aromatic rings. The molecule has 0 spiro atoms. The van der Waals surface area contributed by atoms with Gasteiger partial charge in [0.15, 0.2) is 0 Å². The standard InChI is InChI=1S/C9H14Si/c1-2-3-8-4-6-9(10)7-5-8/h4-7H,2-3H2,1,10H3. The predicted molar refractivity (Wildman–Crippen MR) is 50.0 cm³/mol. The summed E-state index contributed by atoms with van der Waals surface area (Å²) in [5.74, 6) is 0. The fourth-order valence-corrected chi connectivity index (χ4v) is 1.38. The van der Waals surface area contributed by atoms with E-state index in [0.29, 0.717) is 0 Å². The van der Waals surface area contributed by atoms with Crippen molar-refractivity contribution in [1.29, 1.82) is 0 Å². The average molecular weight is 150 g/mol. The van der Waals surface area contributed by atoms with Gasteiger partial charge >= 0.3 is 0 Å². The first-order valence-corrected chi connectivity index (χ1v) is 4.88. The van der Waals surface area contributed by atoms with Crippen molar-refractivity contribution in [3.05, 3.63) is 29.8 Å². The predicted octanol–water partition coefficient (Wildman–Crippen LogP) is 0.630. The molecular weight excluding hydrogens is 136 g/mol. The maximum absolute atomic E-state index is 2.24. The lowest BCUT2D eigenvalue weighted by atomic mass is 10.1. The normalized spacial score (nSPS) is 10.1. The third kappa shape index (κ3) is 1.99. The maximum Gasteiger partial charge on any atom is 0.0384 e. The van der Waals surface area contributed by atoms with Gasteiger partial charge < -0.3 is 0 Å². The fourth-order valence-electron chi connectivity index (χ4n) is 1.04. The molecule has 1 aromatic carbocycles. The van der Waals surface area contributed by atoms with Crippen molar-refractivity contribution in [1.82, 2.24) is 0 Å². The first kappa shape index (κ1) is 7.54. The number of hydrogen-bond donors (Lipinski definition) is 0. The molecule has 0 N–H and O–H groups in total. The van der Waals surface area contributed by atoms with E-state index in [0.717, 1.165) is 0 Å². The maximum atomic E-state index is 2.24. The largest absolute Gasteiger partial charge is 0.0707 e. The zero-order chi connectivity index (χ0) is 7.40. The number of rotatable bonds is 2. The Morgan fingerprint density at radius 2 is 1.80 bits per heavy atom. The van der Waals surface area contributed by atoms with E-state index < -0.39 is 0 Å². The highest BCUT2D eigenvalue weighted by atomic mass is 28.1. The van der Waals surface area contributed by atoms with Crippen LogP contribution in [0, 0.1) is 0 Å². The van der Waals surface area contributed by atoms with E-state index in [1.54, 1.807) is 0 Å². The second-order valence-corrected chi connectivity index (χ2v) is 3.89. The molecule has 0 aromatic heterocycles. The highest BCUT2D eigenvalue weighted by Crippen LogP contribution is 1.99. The highest BCUT2D eigenvalue weighted by molar-refractivity contribution is 6.32. The first-order valence-electron chi connectivity index (χ1n) is 3.88. The Bertz CT molecular complexity index is 188. The van der Waals surface area contributed by atoms with Crippen molar-refractivity contribution in [2.75, 3.05) is 0 Å². The van der Waals surface area contributed by atoms with E-state index in [4.69, 9.17) is 0 Å². The zero-order valence-electron chi connectivity index (χ0n) is 6.72. The van der Waals surface area contributed by atoms with E-state index in [-0.39, 0.29) is 0 Å². The molecule has 54 valence electrons. The fraction of sp³-hybridized carbons (Fsp3) is 0.333. The molecule has 0 radical (unpaired) electrons. The molecule has 10 heavy (non-hydrogen) atoms. The monoisotopic (exact) mass is 150 g/mol. The molecule has 0 saturated heterocycles. The smallest absolute Gasteiger partial charge is 0.0384 e. The van der Waals surface area contributed by atoms with Gasteiger partial charge in [-0.05, 0) is 12.0 Å². The SMILES string of the molecule is CCCc1ccc([SiH3])cc1. The van der Waals surface area contributed by atoms with Crippen LogP contribution in [0.1, 0.15) is 18.9 Å². The molecule has 0 amide bonds. The van der Waals surface area contributed by atoms with Gasteiger partial charge in [0.2, 0.25) is 0 Å². The highest BCUT2D eigenvalue weighted by Gasteiger charge is 1.87. The Kier molecular flexibility index (Phi) is 2.69. The van der Waals surface area contributed by atoms with Gasteiger partial charge in [0, 0.05) is 10.2 Å². The molecule has 0 fully saturated rings. The number of aryl methyl sites for hydroxylation is 1. The van der Waals surface area contributed by atoms with Crippen molar-refractivity contribution in [2.24, 2.45) is 0 Å². The Hall–Kier alpha value is -0.563. The van der Waals surface area contributed by atoms with Gasteiger partial charge in [-0.15, -0.1) is 0 Å². The van der Waals surface area contributed by atoms with Crippen molar-refractivity contribution in [3.63, 3.8) is 0 Å². The van der Waals surface area contributed by atoms with Gasteiger partial charge in [-0.2, -0.15) is 0 Å². The van der Waals surface area contributed by atoms with Gasteiger partial charge in [0.1, 0.15) is 0 Å². The van der Waals surface area contributed by atoms with Crippen LogP contribution in [0.4, 0.5) is 0 Å². The van der Waals surface area contributed by atoms with Crippen LogP contribution in [-0.2, 0) is 6.42 Å². The van der Waals surface area contributed by atoms with Gasteiger partial charge in [0.25, 0.3) is 0 Å². The van der Waals surface area contributed by atoms with Crippen LogP contribution in [0.25, 0.3) is 0 Å².